The van der Waals surface area contributed by atoms with Crippen LogP contribution in [0.2, 0.25) is 0 Å². The van der Waals surface area contributed by atoms with Gasteiger partial charge >= 0.3 is 0 Å². The number of aromatic nitrogens is 3. The summed E-state index contributed by atoms with van der Waals surface area (Å²) < 4.78 is 0. The van der Waals surface area contributed by atoms with Crippen LogP contribution in [0.3, 0.4) is 0 Å². The number of nitrogens with one attached hydrogen (secondary N) is 2. The zero-order chi connectivity index (χ0) is 13.5. The molecule has 0 spiro atoms. The van der Waals surface area contributed by atoms with Crippen LogP contribution in [0.5, 0.6) is 0 Å². The molecule has 0 saturated carbocycles. The first-order chi connectivity index (χ1) is 9.28. The van der Waals surface area contributed by atoms with Gasteiger partial charge in [-0.2, -0.15) is 4.98 Å². The van der Waals surface area contributed by atoms with E-state index in [4.69, 9.17) is 0 Å². The Balaban J connectivity index is 1.95. The lowest BCUT2D eigenvalue weighted by molar-refractivity contribution is 0.753. The maximum absolute atomic E-state index is 4.43. The fourth-order valence-electron chi connectivity index (χ4n) is 1.54. The largest absolute Gasteiger partial charge is 0.366 e. The first-order valence-electron chi connectivity index (χ1n) is 6.50. The molecule has 0 fully saturated rings. The van der Waals surface area contributed by atoms with Crippen LogP contribution >= 0.6 is 0 Å². The molecule has 0 aliphatic rings. The molecule has 2 N–H and O–H groups in total. The van der Waals surface area contributed by atoms with Crippen LogP contribution in [0.25, 0.3) is 0 Å². The van der Waals surface area contributed by atoms with Gasteiger partial charge in [-0.1, -0.05) is 6.92 Å². The fraction of sp³-hybridized carbons (Fsp3) is 0.357. The molecule has 5 nitrogen and oxygen atoms in total. The summed E-state index contributed by atoms with van der Waals surface area (Å²) in [4.78, 5) is 12.6. The van der Waals surface area contributed by atoms with Crippen molar-refractivity contribution in [3.63, 3.8) is 0 Å². The number of hydrogen-bond donors (Lipinski definition) is 2. The van der Waals surface area contributed by atoms with Crippen LogP contribution in [0.4, 0.5) is 11.8 Å². The number of pyridine rings is 1. The van der Waals surface area contributed by atoms with Gasteiger partial charge in [0.2, 0.25) is 5.95 Å². The predicted octanol–water partition coefficient (Wildman–Crippen LogP) is 2.69. The monoisotopic (exact) mass is 257 g/mol. The lowest BCUT2D eigenvalue weighted by atomic mass is 10.3. The zero-order valence-corrected chi connectivity index (χ0v) is 11.3. The number of anilines is 2. The van der Waals surface area contributed by atoms with Crippen molar-refractivity contribution in [3.05, 3.63) is 42.4 Å². The van der Waals surface area contributed by atoms with E-state index in [1.165, 1.54) is 5.56 Å². The van der Waals surface area contributed by atoms with Gasteiger partial charge in [-0.25, -0.2) is 4.98 Å². The van der Waals surface area contributed by atoms with E-state index >= 15 is 0 Å². The highest BCUT2D eigenvalue weighted by atomic mass is 15.1. The van der Waals surface area contributed by atoms with Crippen molar-refractivity contribution in [1.82, 2.24) is 15.0 Å². The van der Waals surface area contributed by atoms with Crippen LogP contribution in [0.1, 0.15) is 25.8 Å². The second-order valence-corrected chi connectivity index (χ2v) is 4.43. The van der Waals surface area contributed by atoms with Crippen molar-refractivity contribution in [3.8, 4) is 0 Å². The smallest absolute Gasteiger partial charge is 0.224 e. The van der Waals surface area contributed by atoms with Gasteiger partial charge in [0.15, 0.2) is 0 Å². The summed E-state index contributed by atoms with van der Waals surface area (Å²) in [5.41, 5.74) is 1.17. The number of nitrogens with zero attached hydrogens (tertiary/aromatic N) is 3. The molecule has 1 unspecified atom stereocenters. The summed E-state index contributed by atoms with van der Waals surface area (Å²) in [5, 5.41) is 6.53. The topological polar surface area (TPSA) is 62.7 Å². The van der Waals surface area contributed by atoms with Crippen LogP contribution < -0.4 is 10.6 Å². The van der Waals surface area contributed by atoms with E-state index in [-0.39, 0.29) is 0 Å². The molecule has 5 heteroatoms. The number of rotatable bonds is 6. The molecule has 2 aromatic rings. The van der Waals surface area contributed by atoms with E-state index in [1.54, 1.807) is 18.6 Å². The normalized spacial score (nSPS) is 11.9. The standard InChI is InChI=1S/C14H19N5/c1-3-11(2)18-14-16-9-6-13(19-14)17-10-12-4-7-15-8-5-12/h4-9,11H,3,10H2,1-2H3,(H2,16,17,18,19). The Morgan fingerprint density at radius 2 is 1.95 bits per heavy atom. The highest BCUT2D eigenvalue weighted by Crippen LogP contribution is 2.09. The minimum Gasteiger partial charge on any atom is -0.366 e. The molecule has 0 amide bonds. The van der Waals surface area contributed by atoms with E-state index < -0.39 is 0 Å². The lowest BCUT2D eigenvalue weighted by Gasteiger charge is -2.12. The van der Waals surface area contributed by atoms with E-state index in [1.807, 2.05) is 18.2 Å². The second-order valence-electron chi connectivity index (χ2n) is 4.43. The molecule has 0 saturated heterocycles. The quantitative estimate of drug-likeness (QED) is 0.833. The van der Waals surface area contributed by atoms with Crippen molar-refractivity contribution >= 4 is 11.8 Å². The van der Waals surface area contributed by atoms with Crippen LogP contribution in [-0.2, 0) is 6.54 Å². The molecule has 0 bridgehead atoms. The number of hydrogen-bond acceptors (Lipinski definition) is 5. The molecular weight excluding hydrogens is 238 g/mol. The molecular formula is C14H19N5. The van der Waals surface area contributed by atoms with Gasteiger partial charge in [0.1, 0.15) is 5.82 Å². The van der Waals surface area contributed by atoms with Gasteiger partial charge in [-0.3, -0.25) is 4.98 Å². The fourth-order valence-corrected chi connectivity index (χ4v) is 1.54. The molecule has 0 radical (unpaired) electrons. The maximum atomic E-state index is 4.43. The van der Waals surface area contributed by atoms with Crippen molar-refractivity contribution < 1.29 is 0 Å². The average Bonchev–Trinajstić information content (AvgIpc) is 2.46. The highest BCUT2D eigenvalue weighted by Gasteiger charge is 2.02. The van der Waals surface area contributed by atoms with E-state index in [0.29, 0.717) is 12.0 Å². The SMILES string of the molecule is CCC(C)Nc1nccc(NCc2ccncc2)n1. The van der Waals surface area contributed by atoms with Gasteiger partial charge < -0.3 is 10.6 Å². The Hall–Kier alpha value is -2.17. The highest BCUT2D eigenvalue weighted by molar-refractivity contribution is 5.40. The Morgan fingerprint density at radius 3 is 2.68 bits per heavy atom. The third-order valence-electron chi connectivity index (χ3n) is 2.87. The molecule has 0 aromatic carbocycles. The van der Waals surface area contributed by atoms with Crippen molar-refractivity contribution in [2.24, 2.45) is 0 Å². The van der Waals surface area contributed by atoms with E-state index in [0.717, 1.165) is 18.8 Å². The first-order valence-corrected chi connectivity index (χ1v) is 6.50. The summed E-state index contributed by atoms with van der Waals surface area (Å²) in [7, 11) is 0. The molecule has 2 heterocycles. The molecule has 2 aromatic heterocycles. The summed E-state index contributed by atoms with van der Waals surface area (Å²) >= 11 is 0. The summed E-state index contributed by atoms with van der Waals surface area (Å²) in [6.45, 7) is 4.96. The van der Waals surface area contributed by atoms with E-state index in [2.05, 4.69) is 39.4 Å². The van der Waals surface area contributed by atoms with Crippen molar-refractivity contribution in [2.45, 2.75) is 32.9 Å². The van der Waals surface area contributed by atoms with Crippen molar-refractivity contribution in [1.29, 1.82) is 0 Å². The zero-order valence-electron chi connectivity index (χ0n) is 11.3. The molecule has 100 valence electrons. The molecule has 2 rings (SSSR count). The Labute approximate surface area is 113 Å². The van der Waals surface area contributed by atoms with Crippen molar-refractivity contribution in [2.75, 3.05) is 10.6 Å². The van der Waals surface area contributed by atoms with Crippen LogP contribution in [0.15, 0.2) is 36.8 Å². The predicted molar refractivity (Wildman–Crippen MR) is 77.0 cm³/mol. The van der Waals surface area contributed by atoms with Gasteiger partial charge in [0.05, 0.1) is 0 Å². The Morgan fingerprint density at radius 1 is 1.16 bits per heavy atom. The van der Waals surface area contributed by atoms with E-state index in [9.17, 15) is 0 Å². The van der Waals surface area contributed by atoms with Gasteiger partial charge in [-0.15, -0.1) is 0 Å². The molecule has 0 aliphatic heterocycles. The molecule has 0 aliphatic carbocycles. The van der Waals surface area contributed by atoms with Gasteiger partial charge in [-0.05, 0) is 37.1 Å². The molecule has 1 atom stereocenters. The second kappa shape index (κ2) is 6.68. The summed E-state index contributed by atoms with van der Waals surface area (Å²) in [6, 6.07) is 6.19. The minimum atomic E-state index is 0.371. The third kappa shape index (κ3) is 4.21. The van der Waals surface area contributed by atoms with Gasteiger partial charge in [0.25, 0.3) is 0 Å². The van der Waals surface area contributed by atoms with Crippen LogP contribution in [-0.4, -0.2) is 21.0 Å². The third-order valence-corrected chi connectivity index (χ3v) is 2.87. The minimum absolute atomic E-state index is 0.371. The summed E-state index contributed by atoms with van der Waals surface area (Å²) in [5.74, 6) is 1.48. The molecule has 19 heavy (non-hydrogen) atoms. The Kier molecular flexibility index (Phi) is 4.66. The lowest BCUT2D eigenvalue weighted by Crippen LogP contribution is -2.16. The summed E-state index contributed by atoms with van der Waals surface area (Å²) in [6.07, 6.45) is 6.37. The first kappa shape index (κ1) is 13.3. The van der Waals surface area contributed by atoms with Crippen LogP contribution in [0, 0.1) is 0 Å². The Bertz CT molecular complexity index is 500. The average molecular weight is 257 g/mol. The maximum Gasteiger partial charge on any atom is 0.224 e. The van der Waals surface area contributed by atoms with Gasteiger partial charge in [0, 0.05) is 31.2 Å².